The Labute approximate surface area is 205 Å². The van der Waals surface area contributed by atoms with Crippen LogP contribution in [0.1, 0.15) is 83.5 Å². The zero-order valence-corrected chi connectivity index (χ0v) is 22.0. The van der Waals surface area contributed by atoms with Crippen molar-refractivity contribution in [1.29, 1.82) is 0 Å². The highest BCUT2D eigenvalue weighted by atomic mass is 16.6. The molecule has 3 atom stereocenters. The second-order valence-corrected chi connectivity index (χ2v) is 9.75. The number of hydrogen-bond donors (Lipinski definition) is 2. The fraction of sp³-hybridized carbons (Fsp3) is 0.593. The second kappa shape index (κ2) is 13.0. The van der Waals surface area contributed by atoms with Crippen LogP contribution >= 0.6 is 0 Å². The highest BCUT2D eigenvalue weighted by Crippen LogP contribution is 2.27. The maximum atomic E-state index is 13.8. The largest absolute Gasteiger partial charge is 0.444 e. The molecule has 0 fully saturated rings. The standard InChI is InChI=1S/C27H41N3O4/c1-10-13-16-28-24(31)23(21-17-18(4)14-15-20(21)6)30(12-3)25(32)22(19(5)11-2)29-26(33)34-27(7,8)9/h3,14-15,17,19,22-23H,10-11,13,16H2,1-2,4-9H3,(H,28,31)(H,29,33). The molecule has 0 heterocycles. The summed E-state index contributed by atoms with van der Waals surface area (Å²) in [4.78, 5) is 40.7. The molecule has 0 spiro atoms. The number of carbonyl (C=O) groups is 3. The van der Waals surface area contributed by atoms with E-state index in [4.69, 9.17) is 11.2 Å². The molecular formula is C27H41N3O4. The molecule has 1 rings (SSSR count). The lowest BCUT2D eigenvalue weighted by atomic mass is 9.94. The monoisotopic (exact) mass is 471 g/mol. The number of amides is 3. The molecule has 2 N–H and O–H groups in total. The van der Waals surface area contributed by atoms with Crippen LogP contribution in [0, 0.1) is 32.2 Å². The predicted molar refractivity (Wildman–Crippen MR) is 135 cm³/mol. The summed E-state index contributed by atoms with van der Waals surface area (Å²) in [5.41, 5.74) is 1.72. The smallest absolute Gasteiger partial charge is 0.408 e. The quantitative estimate of drug-likeness (QED) is 0.296. The highest BCUT2D eigenvalue weighted by molar-refractivity contribution is 5.93. The molecule has 0 aromatic heterocycles. The number of terminal acetylenes is 1. The first kappa shape index (κ1) is 29.0. The van der Waals surface area contributed by atoms with Crippen molar-refractivity contribution in [3.8, 4) is 12.5 Å². The Morgan fingerprint density at radius 1 is 1.18 bits per heavy atom. The molecule has 0 radical (unpaired) electrons. The van der Waals surface area contributed by atoms with Crippen molar-refractivity contribution in [2.24, 2.45) is 5.92 Å². The average Bonchev–Trinajstić information content (AvgIpc) is 2.75. The highest BCUT2D eigenvalue weighted by Gasteiger charge is 2.38. The topological polar surface area (TPSA) is 87.7 Å². The van der Waals surface area contributed by atoms with Crippen LogP contribution in [0.2, 0.25) is 0 Å². The summed E-state index contributed by atoms with van der Waals surface area (Å²) >= 11 is 0. The Kier molecular flexibility index (Phi) is 11.1. The number of aryl methyl sites for hydroxylation is 2. The van der Waals surface area contributed by atoms with E-state index < -0.39 is 29.7 Å². The van der Waals surface area contributed by atoms with Crippen LogP contribution in [0.3, 0.4) is 0 Å². The average molecular weight is 472 g/mol. The molecular weight excluding hydrogens is 430 g/mol. The van der Waals surface area contributed by atoms with Gasteiger partial charge in [0.05, 0.1) is 0 Å². The fourth-order valence-electron chi connectivity index (χ4n) is 3.47. The van der Waals surface area contributed by atoms with Crippen molar-refractivity contribution in [3.63, 3.8) is 0 Å². The van der Waals surface area contributed by atoms with Crippen molar-refractivity contribution in [1.82, 2.24) is 15.5 Å². The van der Waals surface area contributed by atoms with E-state index in [1.54, 1.807) is 20.8 Å². The molecule has 3 amide bonds. The summed E-state index contributed by atoms with van der Waals surface area (Å²) in [6, 6.07) is 6.17. The van der Waals surface area contributed by atoms with Gasteiger partial charge in [-0.1, -0.05) is 63.8 Å². The van der Waals surface area contributed by atoms with Gasteiger partial charge in [-0.2, -0.15) is 0 Å². The van der Waals surface area contributed by atoms with Crippen LogP contribution in [0.5, 0.6) is 0 Å². The molecule has 3 unspecified atom stereocenters. The number of hydrogen-bond acceptors (Lipinski definition) is 4. The van der Waals surface area contributed by atoms with Gasteiger partial charge in [-0.15, -0.1) is 0 Å². The van der Waals surface area contributed by atoms with Crippen LogP contribution in [0.25, 0.3) is 0 Å². The minimum absolute atomic E-state index is 0.238. The van der Waals surface area contributed by atoms with Gasteiger partial charge >= 0.3 is 6.09 Å². The van der Waals surface area contributed by atoms with Crippen molar-refractivity contribution < 1.29 is 19.1 Å². The summed E-state index contributed by atoms with van der Waals surface area (Å²) in [7, 11) is 0. The number of carbonyl (C=O) groups excluding carboxylic acids is 3. The SMILES string of the molecule is C#CN(C(=O)C(NC(=O)OC(C)(C)C)C(C)CC)C(C(=O)NCCCC)c1cc(C)ccc1C. The number of unbranched alkanes of at least 4 members (excludes halogenated alkanes) is 1. The first-order valence-electron chi connectivity index (χ1n) is 12.0. The molecule has 0 aliphatic heterocycles. The summed E-state index contributed by atoms with van der Waals surface area (Å²) < 4.78 is 5.37. The molecule has 0 aliphatic rings. The van der Waals surface area contributed by atoms with E-state index in [0.29, 0.717) is 18.5 Å². The van der Waals surface area contributed by atoms with Gasteiger partial charge in [0.1, 0.15) is 17.7 Å². The molecule has 0 saturated carbocycles. The Hall–Kier alpha value is -3.01. The molecule has 0 aliphatic carbocycles. The summed E-state index contributed by atoms with van der Waals surface area (Å²) in [5.74, 6) is -1.12. The zero-order chi connectivity index (χ0) is 26.1. The zero-order valence-electron chi connectivity index (χ0n) is 22.0. The van der Waals surface area contributed by atoms with E-state index in [9.17, 15) is 14.4 Å². The normalized spacial score (nSPS) is 13.7. The molecule has 34 heavy (non-hydrogen) atoms. The molecule has 0 saturated heterocycles. The minimum Gasteiger partial charge on any atom is -0.444 e. The van der Waals surface area contributed by atoms with Gasteiger partial charge in [0.2, 0.25) is 5.91 Å². The number of alkyl carbamates (subject to hydrolysis) is 1. The molecule has 188 valence electrons. The van der Waals surface area contributed by atoms with Gasteiger partial charge in [0.15, 0.2) is 0 Å². The lowest BCUT2D eigenvalue weighted by Gasteiger charge is -2.33. The van der Waals surface area contributed by atoms with E-state index >= 15 is 0 Å². The predicted octanol–water partition coefficient (Wildman–Crippen LogP) is 4.62. The maximum absolute atomic E-state index is 13.8. The Balaban J connectivity index is 3.44. The van der Waals surface area contributed by atoms with Gasteiger partial charge in [-0.3, -0.25) is 14.5 Å². The van der Waals surface area contributed by atoms with Gasteiger partial charge in [-0.05, 0) is 58.1 Å². The molecule has 7 heteroatoms. The van der Waals surface area contributed by atoms with Crippen LogP contribution in [-0.4, -0.2) is 41.0 Å². The van der Waals surface area contributed by atoms with Crippen LogP contribution in [0.4, 0.5) is 4.79 Å². The van der Waals surface area contributed by atoms with E-state index in [-0.39, 0.29) is 11.8 Å². The van der Waals surface area contributed by atoms with Crippen LogP contribution in [-0.2, 0) is 14.3 Å². The van der Waals surface area contributed by atoms with Gasteiger partial charge in [-0.25, -0.2) is 4.79 Å². The van der Waals surface area contributed by atoms with Crippen molar-refractivity contribution in [2.75, 3.05) is 6.54 Å². The third kappa shape index (κ3) is 8.40. The Morgan fingerprint density at radius 3 is 2.35 bits per heavy atom. The van der Waals surface area contributed by atoms with E-state index in [0.717, 1.165) is 28.9 Å². The van der Waals surface area contributed by atoms with E-state index in [1.165, 1.54) is 0 Å². The Morgan fingerprint density at radius 2 is 1.82 bits per heavy atom. The molecule has 1 aromatic carbocycles. The second-order valence-electron chi connectivity index (χ2n) is 9.75. The van der Waals surface area contributed by atoms with Crippen LogP contribution < -0.4 is 10.6 Å². The number of benzene rings is 1. The third-order valence-corrected chi connectivity index (χ3v) is 5.59. The third-order valence-electron chi connectivity index (χ3n) is 5.59. The number of ether oxygens (including phenoxy) is 1. The first-order valence-corrected chi connectivity index (χ1v) is 12.0. The number of rotatable bonds is 10. The molecule has 0 bridgehead atoms. The summed E-state index contributed by atoms with van der Waals surface area (Å²) in [6.07, 6.45) is 7.47. The van der Waals surface area contributed by atoms with Crippen LogP contribution in [0.15, 0.2) is 18.2 Å². The van der Waals surface area contributed by atoms with E-state index in [1.807, 2.05) is 52.8 Å². The number of nitrogens with one attached hydrogen (secondary N) is 2. The van der Waals surface area contributed by atoms with Crippen molar-refractivity contribution >= 4 is 17.9 Å². The maximum Gasteiger partial charge on any atom is 0.408 e. The lowest BCUT2D eigenvalue weighted by Crippen LogP contribution is -2.54. The van der Waals surface area contributed by atoms with Gasteiger partial charge in [0, 0.05) is 12.6 Å². The van der Waals surface area contributed by atoms with Crippen molar-refractivity contribution in [3.05, 3.63) is 34.9 Å². The molecule has 1 aromatic rings. The minimum atomic E-state index is -1.03. The van der Waals surface area contributed by atoms with Gasteiger partial charge < -0.3 is 15.4 Å². The van der Waals surface area contributed by atoms with Gasteiger partial charge in [0.25, 0.3) is 5.91 Å². The lowest BCUT2D eigenvalue weighted by molar-refractivity contribution is -0.139. The number of nitrogens with zero attached hydrogens (tertiary/aromatic N) is 1. The fourth-order valence-corrected chi connectivity index (χ4v) is 3.47. The first-order chi connectivity index (χ1) is 15.9. The van der Waals surface area contributed by atoms with E-state index in [2.05, 4.69) is 16.7 Å². The summed E-state index contributed by atoms with van der Waals surface area (Å²) in [6.45, 7) is 15.3. The Bertz CT molecular complexity index is 898. The summed E-state index contributed by atoms with van der Waals surface area (Å²) in [5, 5.41) is 5.59. The van der Waals surface area contributed by atoms with Crippen molar-refractivity contribution in [2.45, 2.75) is 92.3 Å². The molecule has 7 nitrogen and oxygen atoms in total.